The minimum absolute atomic E-state index is 0.348. The molecule has 3 N–H and O–H groups in total. The SMILES string of the molecule is Cc1[nH]c(C(C)C)c(Br)c1C(N)=O. The quantitative estimate of drug-likeness (QED) is 0.825. The van der Waals surface area contributed by atoms with Gasteiger partial charge in [0.2, 0.25) is 0 Å². The number of aryl methyl sites for hydroxylation is 1. The number of amides is 1. The van der Waals surface area contributed by atoms with Crippen LogP contribution in [0, 0.1) is 6.92 Å². The average Bonchev–Trinajstić information content (AvgIpc) is 2.26. The Kier molecular flexibility index (Phi) is 2.81. The van der Waals surface area contributed by atoms with Gasteiger partial charge in [-0.3, -0.25) is 4.79 Å². The lowest BCUT2D eigenvalue weighted by molar-refractivity contribution is 0.0999. The second-order valence-electron chi connectivity index (χ2n) is 3.37. The van der Waals surface area contributed by atoms with Crippen molar-refractivity contribution in [2.75, 3.05) is 0 Å². The minimum atomic E-state index is -0.396. The fourth-order valence-electron chi connectivity index (χ4n) is 1.31. The van der Waals surface area contributed by atoms with E-state index in [1.807, 2.05) is 6.92 Å². The first-order valence-corrected chi connectivity index (χ1v) is 4.92. The summed E-state index contributed by atoms with van der Waals surface area (Å²) in [4.78, 5) is 14.2. The number of hydrogen-bond donors (Lipinski definition) is 2. The Bertz CT molecular complexity index is 342. The Hall–Kier alpha value is -0.770. The number of rotatable bonds is 2. The molecule has 13 heavy (non-hydrogen) atoms. The maximum Gasteiger partial charge on any atom is 0.251 e. The molecule has 3 nitrogen and oxygen atoms in total. The molecule has 0 aromatic carbocycles. The van der Waals surface area contributed by atoms with Gasteiger partial charge >= 0.3 is 0 Å². The third-order valence-corrected chi connectivity index (χ3v) is 2.80. The molecular formula is C9H13BrN2O. The van der Waals surface area contributed by atoms with Crippen molar-refractivity contribution in [3.63, 3.8) is 0 Å². The molecule has 0 saturated heterocycles. The highest BCUT2D eigenvalue weighted by Gasteiger charge is 2.18. The van der Waals surface area contributed by atoms with Gasteiger partial charge < -0.3 is 10.7 Å². The highest BCUT2D eigenvalue weighted by Crippen LogP contribution is 2.29. The summed E-state index contributed by atoms with van der Waals surface area (Å²) in [5.74, 6) is -0.0475. The van der Waals surface area contributed by atoms with Crippen molar-refractivity contribution in [3.05, 3.63) is 21.4 Å². The third-order valence-electron chi connectivity index (χ3n) is 1.98. The largest absolute Gasteiger partial charge is 0.366 e. The van der Waals surface area contributed by atoms with Crippen LogP contribution in [0.2, 0.25) is 0 Å². The van der Waals surface area contributed by atoms with Gasteiger partial charge in [-0.15, -0.1) is 0 Å². The standard InChI is InChI=1S/C9H13BrN2O/c1-4(2)8-7(10)6(9(11)13)5(3)12-8/h4,12H,1-3H3,(H2,11,13). The van der Waals surface area contributed by atoms with Crippen LogP contribution in [0.1, 0.15) is 41.5 Å². The summed E-state index contributed by atoms with van der Waals surface area (Å²) in [6.45, 7) is 5.96. The number of nitrogens with two attached hydrogens (primary N) is 1. The molecule has 0 aliphatic rings. The number of H-pyrrole nitrogens is 1. The van der Waals surface area contributed by atoms with E-state index in [1.165, 1.54) is 0 Å². The summed E-state index contributed by atoms with van der Waals surface area (Å²) in [5.41, 5.74) is 7.64. The lowest BCUT2D eigenvalue weighted by atomic mass is 10.1. The van der Waals surface area contributed by atoms with Crippen LogP contribution in [0.5, 0.6) is 0 Å². The topological polar surface area (TPSA) is 58.9 Å². The van der Waals surface area contributed by atoms with Gasteiger partial charge in [0.1, 0.15) is 0 Å². The fraction of sp³-hybridized carbons (Fsp3) is 0.444. The van der Waals surface area contributed by atoms with Crippen LogP contribution >= 0.6 is 15.9 Å². The highest BCUT2D eigenvalue weighted by atomic mass is 79.9. The van der Waals surface area contributed by atoms with Crippen molar-refractivity contribution >= 4 is 21.8 Å². The van der Waals surface area contributed by atoms with E-state index in [0.717, 1.165) is 15.9 Å². The molecule has 0 saturated carbocycles. The Labute approximate surface area is 85.8 Å². The maximum atomic E-state index is 11.1. The summed E-state index contributed by atoms with van der Waals surface area (Å²) >= 11 is 3.37. The van der Waals surface area contributed by atoms with E-state index < -0.39 is 5.91 Å². The van der Waals surface area contributed by atoms with Gasteiger partial charge in [0.05, 0.1) is 10.0 Å². The van der Waals surface area contributed by atoms with E-state index in [4.69, 9.17) is 5.73 Å². The van der Waals surface area contributed by atoms with Gasteiger partial charge in [-0.2, -0.15) is 0 Å². The monoisotopic (exact) mass is 244 g/mol. The molecule has 1 rings (SSSR count). The van der Waals surface area contributed by atoms with Gasteiger partial charge in [0.15, 0.2) is 0 Å². The zero-order valence-corrected chi connectivity index (χ0v) is 9.53. The zero-order valence-electron chi connectivity index (χ0n) is 7.94. The molecule has 0 aliphatic heterocycles. The second kappa shape index (κ2) is 3.54. The lowest BCUT2D eigenvalue weighted by Gasteiger charge is -2.01. The van der Waals surface area contributed by atoms with Crippen LogP contribution in [0.3, 0.4) is 0 Å². The molecule has 0 unspecified atom stereocenters. The van der Waals surface area contributed by atoms with Crippen molar-refractivity contribution in [2.24, 2.45) is 5.73 Å². The summed E-state index contributed by atoms with van der Waals surface area (Å²) in [7, 11) is 0. The molecule has 0 aliphatic carbocycles. The molecule has 1 heterocycles. The molecule has 1 aromatic heterocycles. The van der Waals surface area contributed by atoms with Gasteiger partial charge in [0, 0.05) is 11.4 Å². The van der Waals surface area contributed by atoms with Crippen molar-refractivity contribution < 1.29 is 4.79 Å². The Morgan fingerprint density at radius 3 is 2.31 bits per heavy atom. The highest BCUT2D eigenvalue weighted by molar-refractivity contribution is 9.10. The number of nitrogens with one attached hydrogen (secondary N) is 1. The van der Waals surface area contributed by atoms with Crippen LogP contribution in [0.4, 0.5) is 0 Å². The second-order valence-corrected chi connectivity index (χ2v) is 4.16. The number of primary amides is 1. The Morgan fingerprint density at radius 2 is 2.08 bits per heavy atom. The van der Waals surface area contributed by atoms with Crippen molar-refractivity contribution in [1.29, 1.82) is 0 Å². The van der Waals surface area contributed by atoms with Crippen molar-refractivity contribution in [3.8, 4) is 0 Å². The van der Waals surface area contributed by atoms with Gasteiger partial charge in [-0.25, -0.2) is 0 Å². The van der Waals surface area contributed by atoms with Crippen LogP contribution in [0.15, 0.2) is 4.47 Å². The Balaban J connectivity index is 3.30. The van der Waals surface area contributed by atoms with Crippen LogP contribution in [-0.4, -0.2) is 10.9 Å². The van der Waals surface area contributed by atoms with Crippen molar-refractivity contribution in [2.45, 2.75) is 26.7 Å². The van der Waals surface area contributed by atoms with Crippen molar-refractivity contribution in [1.82, 2.24) is 4.98 Å². The number of aromatic amines is 1. The number of hydrogen-bond acceptors (Lipinski definition) is 1. The molecule has 0 fully saturated rings. The first-order valence-electron chi connectivity index (χ1n) is 4.13. The van der Waals surface area contributed by atoms with Gasteiger partial charge in [-0.1, -0.05) is 13.8 Å². The van der Waals surface area contributed by atoms with Crippen LogP contribution < -0.4 is 5.73 Å². The average molecular weight is 245 g/mol. The molecule has 0 bridgehead atoms. The molecule has 1 amide bonds. The molecule has 72 valence electrons. The number of halogens is 1. The van der Waals surface area contributed by atoms with Gasteiger partial charge in [0.25, 0.3) is 5.91 Å². The van der Waals surface area contributed by atoms with E-state index in [-0.39, 0.29) is 0 Å². The maximum absolute atomic E-state index is 11.1. The molecule has 0 spiro atoms. The van der Waals surface area contributed by atoms with E-state index in [1.54, 1.807) is 0 Å². The van der Waals surface area contributed by atoms with Gasteiger partial charge in [-0.05, 0) is 28.8 Å². The number of carbonyl (C=O) groups is 1. The summed E-state index contributed by atoms with van der Waals surface area (Å²) < 4.78 is 0.799. The van der Waals surface area contributed by atoms with E-state index in [9.17, 15) is 4.79 Å². The van der Waals surface area contributed by atoms with E-state index in [0.29, 0.717) is 11.5 Å². The first kappa shape index (κ1) is 10.3. The molecule has 1 aromatic rings. The third kappa shape index (κ3) is 1.77. The number of carbonyl (C=O) groups excluding carboxylic acids is 1. The van der Waals surface area contributed by atoms with Crippen LogP contribution in [-0.2, 0) is 0 Å². The smallest absolute Gasteiger partial charge is 0.251 e. The van der Waals surface area contributed by atoms with E-state index in [2.05, 4.69) is 34.8 Å². The summed E-state index contributed by atoms with van der Waals surface area (Å²) in [5, 5.41) is 0. The predicted octanol–water partition coefficient (Wildman–Crippen LogP) is 2.31. The Morgan fingerprint density at radius 1 is 1.54 bits per heavy atom. The molecule has 4 heteroatoms. The zero-order chi connectivity index (χ0) is 10.2. The van der Waals surface area contributed by atoms with E-state index >= 15 is 0 Å². The molecule has 0 radical (unpaired) electrons. The fourth-order valence-corrected chi connectivity index (χ4v) is 2.36. The molecular weight excluding hydrogens is 232 g/mol. The number of aromatic nitrogens is 1. The predicted molar refractivity (Wildman–Crippen MR) is 55.8 cm³/mol. The summed E-state index contributed by atoms with van der Waals surface area (Å²) in [6, 6.07) is 0. The summed E-state index contributed by atoms with van der Waals surface area (Å²) in [6.07, 6.45) is 0. The lowest BCUT2D eigenvalue weighted by Crippen LogP contribution is -2.11. The first-order chi connectivity index (χ1) is 5.95. The van der Waals surface area contributed by atoms with Crippen LogP contribution in [0.25, 0.3) is 0 Å². The normalized spacial score (nSPS) is 10.8. The molecule has 0 atom stereocenters. The minimum Gasteiger partial charge on any atom is -0.366 e.